The zero-order valence-electron chi connectivity index (χ0n) is 35.9. The first-order chi connectivity index (χ1) is 30.8. The monoisotopic (exact) mass is 1010 g/mol. The first-order valence-corrected chi connectivity index (χ1v) is 21.4. The minimum absolute atomic E-state index is 0. The molecule has 11 rings (SSSR count). The van der Waals surface area contributed by atoms with Gasteiger partial charge in [-0.3, -0.25) is 0 Å². The van der Waals surface area contributed by atoms with Gasteiger partial charge in [0.1, 0.15) is 11.6 Å². The van der Waals surface area contributed by atoms with Crippen molar-refractivity contribution in [1.82, 2.24) is 24.3 Å². The smallest absolute Gasteiger partial charge is 0.197 e. The average Bonchev–Trinajstić information content (AvgIpc) is 3.99. The fraction of sp³-hybridized carbons (Fsp3) is 0.0909. The molecule has 10 aromatic rings. The summed E-state index contributed by atoms with van der Waals surface area (Å²) < 4.78 is 4.40. The van der Waals surface area contributed by atoms with Crippen molar-refractivity contribution in [1.29, 1.82) is 0 Å². The van der Waals surface area contributed by atoms with Crippen LogP contribution in [-0.2, 0) is 26.5 Å². The number of anilines is 3. The molecule has 1 aliphatic heterocycles. The summed E-state index contributed by atoms with van der Waals surface area (Å²) in [6.07, 6.45) is 3.77. The Kier molecular flexibility index (Phi) is 10.6. The van der Waals surface area contributed by atoms with Crippen LogP contribution in [0, 0.1) is 18.8 Å². The number of fused-ring (bicyclic) bond motifs is 4. The van der Waals surface area contributed by atoms with E-state index in [0.29, 0.717) is 0 Å². The maximum absolute atomic E-state index is 5.58. The SMILES string of the molecule is CN1[CH-]N(c2[c-]c(B(c3[c-]c4c(cc3)c3ccccc3n4-c3cc(C(C)(C)C)ccn3)c3c(-c4ccccc4)nn(-c4ccccc4)c3-c3ccccc3)ccc2)c2cccnc21.[Pt]. The van der Waals surface area contributed by atoms with Crippen LogP contribution >= 0.6 is 0 Å². The molecule has 6 aromatic carbocycles. The van der Waals surface area contributed by atoms with Crippen LogP contribution in [0.4, 0.5) is 17.2 Å². The van der Waals surface area contributed by atoms with E-state index < -0.39 is 0 Å². The largest absolute Gasteiger partial charge is 0.492 e. The summed E-state index contributed by atoms with van der Waals surface area (Å²) in [6, 6.07) is 67.7. The zero-order valence-corrected chi connectivity index (χ0v) is 38.2. The maximum atomic E-state index is 5.58. The molecule has 0 saturated carbocycles. The van der Waals surface area contributed by atoms with Gasteiger partial charge in [0.2, 0.25) is 0 Å². The van der Waals surface area contributed by atoms with Crippen LogP contribution in [0.3, 0.4) is 0 Å². The minimum Gasteiger partial charge on any atom is -0.492 e. The van der Waals surface area contributed by atoms with E-state index in [0.717, 1.165) is 89.4 Å². The molecule has 0 bridgehead atoms. The number of nitrogens with zero attached hydrogens (tertiary/aromatic N) is 7. The number of rotatable bonds is 8. The topological polar surface area (TPSA) is 55.0 Å². The van der Waals surface area contributed by atoms with Gasteiger partial charge in [-0.2, -0.15) is 65.2 Å². The minimum atomic E-state index is -0.383. The first kappa shape index (κ1) is 41.0. The van der Waals surface area contributed by atoms with Gasteiger partial charge in [0.25, 0.3) is 0 Å². The molecule has 4 aromatic heterocycles. The fourth-order valence-corrected chi connectivity index (χ4v) is 9.06. The van der Waals surface area contributed by atoms with Crippen LogP contribution in [0.25, 0.3) is 55.8 Å². The van der Waals surface area contributed by atoms with Gasteiger partial charge in [-0.25, -0.2) is 14.6 Å². The standard InChI is InChI=1S/C55H43BN7.Pt/c1-55(2,3)40-31-33-57-50(34-40)62-47-27-15-14-26-45(47)46-30-29-42(36-49(46)62)56(41-22-16-25-44(35-41)61-37-60(4)54-48(61)28-17-32-58-54)51-52(38-18-8-5-9-19-38)59-63(43-23-12-7-13-24-43)53(51)39-20-10-6-11-21-39;/h5-34,37H,1-4H3;/q-3;. The summed E-state index contributed by atoms with van der Waals surface area (Å²) in [5.74, 6) is 1.76. The molecule has 1 aliphatic rings. The second-order valence-electron chi connectivity index (χ2n) is 17.1. The van der Waals surface area contributed by atoms with Crippen molar-refractivity contribution < 1.29 is 21.1 Å². The molecule has 0 spiro atoms. The van der Waals surface area contributed by atoms with Crippen LogP contribution in [0.2, 0.25) is 0 Å². The van der Waals surface area contributed by atoms with Crippen LogP contribution in [0.5, 0.6) is 0 Å². The Morgan fingerprint density at radius 3 is 2.09 bits per heavy atom. The Morgan fingerprint density at radius 2 is 1.33 bits per heavy atom. The number of hydrogen-bond donors (Lipinski definition) is 0. The second-order valence-corrected chi connectivity index (χ2v) is 17.1. The number of aromatic nitrogens is 5. The summed E-state index contributed by atoms with van der Waals surface area (Å²) in [6.45, 7) is 8.43. The van der Waals surface area contributed by atoms with Crippen molar-refractivity contribution in [2.45, 2.75) is 26.2 Å². The molecule has 64 heavy (non-hydrogen) atoms. The molecule has 0 atom stereocenters. The van der Waals surface area contributed by atoms with E-state index in [1.165, 1.54) is 5.56 Å². The number of hydrogen-bond acceptors (Lipinski definition) is 5. The Labute approximate surface area is 389 Å². The molecule has 0 fully saturated rings. The number of para-hydroxylation sites is 2. The molecule has 0 saturated heterocycles. The summed E-state index contributed by atoms with van der Waals surface area (Å²) in [5.41, 5.74) is 13.1. The van der Waals surface area contributed by atoms with Crippen LogP contribution in [-0.4, -0.2) is 38.1 Å². The predicted octanol–water partition coefficient (Wildman–Crippen LogP) is 10.2. The Bertz CT molecular complexity index is 3290. The van der Waals surface area contributed by atoms with E-state index in [1.54, 1.807) is 0 Å². The molecule has 0 radical (unpaired) electrons. The average molecular weight is 1010 g/mol. The van der Waals surface area contributed by atoms with Crippen molar-refractivity contribution in [2.75, 3.05) is 16.8 Å². The first-order valence-electron chi connectivity index (χ1n) is 21.4. The van der Waals surface area contributed by atoms with E-state index in [4.69, 9.17) is 15.1 Å². The van der Waals surface area contributed by atoms with Crippen LogP contribution < -0.4 is 26.2 Å². The van der Waals surface area contributed by atoms with Crippen LogP contribution in [0.1, 0.15) is 26.3 Å². The maximum Gasteiger partial charge on any atom is 0.197 e. The van der Waals surface area contributed by atoms with Gasteiger partial charge in [0, 0.05) is 44.5 Å². The summed E-state index contributed by atoms with van der Waals surface area (Å²) in [7, 11) is 2.03. The fourth-order valence-electron chi connectivity index (χ4n) is 9.06. The van der Waals surface area contributed by atoms with E-state index in [1.807, 2.05) is 31.6 Å². The summed E-state index contributed by atoms with van der Waals surface area (Å²) >= 11 is 0. The van der Waals surface area contributed by atoms with E-state index in [-0.39, 0.29) is 33.2 Å². The van der Waals surface area contributed by atoms with Crippen molar-refractivity contribution in [2.24, 2.45) is 0 Å². The van der Waals surface area contributed by atoms with Crippen LogP contribution in [0.15, 0.2) is 182 Å². The predicted molar refractivity (Wildman–Crippen MR) is 260 cm³/mol. The Balaban J connectivity index is 0.00000484. The molecule has 0 aliphatic carbocycles. The van der Waals surface area contributed by atoms with Gasteiger partial charge < -0.3 is 14.4 Å². The molecule has 7 nitrogen and oxygen atoms in total. The van der Waals surface area contributed by atoms with Gasteiger partial charge >= 0.3 is 0 Å². The molecule has 5 heterocycles. The van der Waals surface area contributed by atoms with E-state index >= 15 is 0 Å². The molecule has 0 amide bonds. The van der Waals surface area contributed by atoms with Crippen molar-refractivity contribution in [3.05, 3.63) is 207 Å². The van der Waals surface area contributed by atoms with Crippen molar-refractivity contribution in [3.63, 3.8) is 0 Å². The third-order valence-electron chi connectivity index (χ3n) is 12.1. The summed E-state index contributed by atoms with van der Waals surface area (Å²) in [5, 5.41) is 7.84. The van der Waals surface area contributed by atoms with E-state index in [9.17, 15) is 0 Å². The Hall–Kier alpha value is -7.02. The molecule has 0 N–H and O–H groups in total. The van der Waals surface area contributed by atoms with Crippen molar-refractivity contribution in [3.8, 4) is 34.0 Å². The zero-order chi connectivity index (χ0) is 42.7. The van der Waals surface area contributed by atoms with Gasteiger partial charge in [0.15, 0.2) is 6.71 Å². The van der Waals surface area contributed by atoms with Gasteiger partial charge in [-0.15, -0.1) is 11.1 Å². The normalized spacial score (nSPS) is 12.4. The quantitative estimate of drug-likeness (QED) is 0.112. The van der Waals surface area contributed by atoms with Gasteiger partial charge in [-0.05, 0) is 76.9 Å². The Morgan fingerprint density at radius 1 is 0.625 bits per heavy atom. The number of pyridine rings is 2. The molecular formula is C55H43BN7Pt-3. The third-order valence-corrected chi connectivity index (χ3v) is 12.1. The number of benzene rings is 6. The third kappa shape index (κ3) is 7.12. The second kappa shape index (κ2) is 16.6. The summed E-state index contributed by atoms with van der Waals surface area (Å²) in [4.78, 5) is 14.0. The van der Waals surface area contributed by atoms with Gasteiger partial charge in [-0.1, -0.05) is 123 Å². The molecular weight excluding hydrogens is 965 g/mol. The molecule has 9 heteroatoms. The molecule has 0 unspecified atom stereocenters. The van der Waals surface area contributed by atoms with Crippen molar-refractivity contribution >= 4 is 62.1 Å². The van der Waals surface area contributed by atoms with E-state index in [2.05, 4.69) is 216 Å². The molecule has 314 valence electrons. The van der Waals surface area contributed by atoms with Gasteiger partial charge in [0.05, 0.1) is 22.8 Å².